The first kappa shape index (κ1) is 13.9. The molecule has 5 N–H and O–H groups in total. The fourth-order valence-electron chi connectivity index (χ4n) is 1.20. The van der Waals surface area contributed by atoms with Gasteiger partial charge in [-0.25, -0.2) is 0 Å². The fraction of sp³-hybridized carbons (Fsp3) is 0.800. The van der Waals surface area contributed by atoms with Crippen LogP contribution in [0.4, 0.5) is 0 Å². The Kier molecular flexibility index (Phi) is 5.93. The zero-order valence-corrected chi connectivity index (χ0v) is 9.62. The molecular formula is C10H21N3O2. The average molecular weight is 215 g/mol. The second-order valence-electron chi connectivity index (χ2n) is 4.24. The van der Waals surface area contributed by atoms with Crippen LogP contribution in [0.5, 0.6) is 0 Å². The van der Waals surface area contributed by atoms with Crippen LogP contribution < -0.4 is 16.8 Å². The van der Waals surface area contributed by atoms with Gasteiger partial charge in [0.25, 0.3) is 0 Å². The number of hydrogen-bond acceptors (Lipinski definition) is 3. The average Bonchev–Trinajstić information content (AvgIpc) is 2.12. The zero-order valence-electron chi connectivity index (χ0n) is 9.62. The van der Waals surface area contributed by atoms with Gasteiger partial charge in [-0.05, 0) is 18.4 Å². The number of rotatable bonds is 6. The molecule has 0 aromatic rings. The van der Waals surface area contributed by atoms with Crippen molar-refractivity contribution >= 4 is 11.8 Å². The largest absolute Gasteiger partial charge is 0.368 e. The molecule has 0 aliphatic heterocycles. The molecule has 0 aromatic heterocycles. The monoisotopic (exact) mass is 215 g/mol. The number of amides is 2. The van der Waals surface area contributed by atoms with E-state index >= 15 is 0 Å². The topological polar surface area (TPSA) is 98.2 Å². The number of hydrogen-bond donors (Lipinski definition) is 3. The molecule has 88 valence electrons. The van der Waals surface area contributed by atoms with E-state index in [9.17, 15) is 9.59 Å². The van der Waals surface area contributed by atoms with Crippen LogP contribution in [0.2, 0.25) is 0 Å². The third-order valence-electron chi connectivity index (χ3n) is 2.23. The minimum absolute atomic E-state index is 0.000340. The van der Waals surface area contributed by atoms with Crippen LogP contribution in [-0.4, -0.2) is 24.4 Å². The number of carbonyl (C=O) groups is 2. The summed E-state index contributed by atoms with van der Waals surface area (Å²) in [6, 6.07) is -0.595. The quantitative estimate of drug-likeness (QED) is 0.562. The first-order chi connectivity index (χ1) is 6.88. The van der Waals surface area contributed by atoms with Crippen molar-refractivity contribution in [2.24, 2.45) is 23.3 Å². The number of nitrogens with two attached hydrogens (primary N) is 2. The van der Waals surface area contributed by atoms with E-state index in [1.54, 1.807) is 0 Å². The third-order valence-corrected chi connectivity index (χ3v) is 2.23. The summed E-state index contributed by atoms with van der Waals surface area (Å²) in [5.41, 5.74) is 10.6. The molecule has 0 aliphatic carbocycles. The van der Waals surface area contributed by atoms with E-state index in [1.807, 2.05) is 20.8 Å². The Morgan fingerprint density at radius 2 is 1.80 bits per heavy atom. The summed E-state index contributed by atoms with van der Waals surface area (Å²) in [7, 11) is 0. The molecule has 5 heteroatoms. The number of carbonyl (C=O) groups excluding carboxylic acids is 2. The molecule has 0 heterocycles. The first-order valence-corrected chi connectivity index (χ1v) is 5.17. The van der Waals surface area contributed by atoms with Crippen LogP contribution >= 0.6 is 0 Å². The molecule has 0 fully saturated rings. The standard InChI is InChI=1S/C10H21N3O2/c1-6(2)9(10(12)15)13-8(14)4-7(3)5-11/h6-7,9H,4-5,11H2,1-3H3,(H2,12,15)(H,13,14). The molecule has 15 heavy (non-hydrogen) atoms. The van der Waals surface area contributed by atoms with E-state index in [2.05, 4.69) is 5.32 Å². The van der Waals surface area contributed by atoms with Gasteiger partial charge in [0.1, 0.15) is 6.04 Å². The summed E-state index contributed by atoms with van der Waals surface area (Å²) < 4.78 is 0. The van der Waals surface area contributed by atoms with Crippen molar-refractivity contribution in [1.82, 2.24) is 5.32 Å². The molecule has 5 nitrogen and oxygen atoms in total. The van der Waals surface area contributed by atoms with Crippen LogP contribution in [-0.2, 0) is 9.59 Å². The zero-order chi connectivity index (χ0) is 12.0. The van der Waals surface area contributed by atoms with Crippen LogP contribution in [0.25, 0.3) is 0 Å². The SMILES string of the molecule is CC(CN)CC(=O)NC(C(N)=O)C(C)C. The van der Waals surface area contributed by atoms with Gasteiger partial charge >= 0.3 is 0 Å². The van der Waals surface area contributed by atoms with Gasteiger partial charge in [0.05, 0.1) is 0 Å². The van der Waals surface area contributed by atoms with Gasteiger partial charge in [-0.3, -0.25) is 9.59 Å². The maximum absolute atomic E-state index is 11.5. The van der Waals surface area contributed by atoms with Crippen molar-refractivity contribution in [3.63, 3.8) is 0 Å². The Hall–Kier alpha value is -1.10. The van der Waals surface area contributed by atoms with E-state index in [4.69, 9.17) is 11.5 Å². The van der Waals surface area contributed by atoms with E-state index in [0.717, 1.165) is 0 Å². The van der Waals surface area contributed by atoms with Gasteiger partial charge in [-0.1, -0.05) is 20.8 Å². The maximum Gasteiger partial charge on any atom is 0.240 e. The lowest BCUT2D eigenvalue weighted by atomic mass is 10.0. The lowest BCUT2D eigenvalue weighted by Crippen LogP contribution is -2.48. The lowest BCUT2D eigenvalue weighted by molar-refractivity contribution is -0.128. The predicted molar refractivity (Wildman–Crippen MR) is 58.8 cm³/mol. The fourth-order valence-corrected chi connectivity index (χ4v) is 1.20. The Balaban J connectivity index is 4.18. The van der Waals surface area contributed by atoms with Crippen LogP contribution in [0.1, 0.15) is 27.2 Å². The van der Waals surface area contributed by atoms with E-state index in [-0.39, 0.29) is 17.7 Å². The second kappa shape index (κ2) is 6.40. The molecule has 0 bridgehead atoms. The minimum atomic E-state index is -0.595. The van der Waals surface area contributed by atoms with Gasteiger partial charge in [0, 0.05) is 6.42 Å². The predicted octanol–water partition coefficient (Wildman–Crippen LogP) is -0.403. The van der Waals surface area contributed by atoms with E-state index in [0.29, 0.717) is 13.0 Å². The molecule has 0 aliphatic rings. The van der Waals surface area contributed by atoms with Crippen LogP contribution in [0.3, 0.4) is 0 Å². The number of nitrogens with one attached hydrogen (secondary N) is 1. The highest BCUT2D eigenvalue weighted by Crippen LogP contribution is 2.03. The summed E-state index contributed by atoms with van der Waals surface area (Å²) >= 11 is 0. The Bertz CT molecular complexity index is 229. The molecule has 0 rings (SSSR count). The molecule has 0 aromatic carbocycles. The Labute approximate surface area is 90.6 Å². The molecule has 0 saturated heterocycles. The van der Waals surface area contributed by atoms with Gasteiger partial charge in [-0.15, -0.1) is 0 Å². The normalized spacial score (nSPS) is 14.7. The van der Waals surface area contributed by atoms with E-state index in [1.165, 1.54) is 0 Å². The highest BCUT2D eigenvalue weighted by Gasteiger charge is 2.21. The second-order valence-corrected chi connectivity index (χ2v) is 4.24. The molecule has 0 radical (unpaired) electrons. The van der Waals surface area contributed by atoms with Gasteiger partial charge in [0.15, 0.2) is 0 Å². The summed E-state index contributed by atoms with van der Waals surface area (Å²) in [5.74, 6) is -0.561. The lowest BCUT2D eigenvalue weighted by Gasteiger charge is -2.19. The minimum Gasteiger partial charge on any atom is -0.368 e. The van der Waals surface area contributed by atoms with Gasteiger partial charge < -0.3 is 16.8 Å². The summed E-state index contributed by atoms with van der Waals surface area (Å²) in [6.07, 6.45) is 0.326. The highest BCUT2D eigenvalue weighted by atomic mass is 16.2. The first-order valence-electron chi connectivity index (χ1n) is 5.17. The summed E-state index contributed by atoms with van der Waals surface area (Å²) in [6.45, 7) is 6.01. The number of primary amides is 1. The summed E-state index contributed by atoms with van der Waals surface area (Å²) in [4.78, 5) is 22.5. The molecule has 0 spiro atoms. The van der Waals surface area contributed by atoms with Crippen LogP contribution in [0.15, 0.2) is 0 Å². The molecular weight excluding hydrogens is 194 g/mol. The third kappa shape index (κ3) is 5.37. The molecule has 0 saturated carbocycles. The van der Waals surface area contributed by atoms with Crippen molar-refractivity contribution in [2.75, 3.05) is 6.54 Å². The van der Waals surface area contributed by atoms with Crippen molar-refractivity contribution < 1.29 is 9.59 Å². The molecule has 2 amide bonds. The summed E-state index contributed by atoms with van der Waals surface area (Å²) in [5, 5.41) is 2.61. The van der Waals surface area contributed by atoms with Gasteiger partial charge in [0.2, 0.25) is 11.8 Å². The van der Waals surface area contributed by atoms with Crippen molar-refractivity contribution in [3.05, 3.63) is 0 Å². The van der Waals surface area contributed by atoms with Gasteiger partial charge in [-0.2, -0.15) is 0 Å². The van der Waals surface area contributed by atoms with Crippen molar-refractivity contribution in [3.8, 4) is 0 Å². The highest BCUT2D eigenvalue weighted by molar-refractivity contribution is 5.86. The van der Waals surface area contributed by atoms with Crippen molar-refractivity contribution in [2.45, 2.75) is 33.2 Å². The maximum atomic E-state index is 11.5. The van der Waals surface area contributed by atoms with Crippen LogP contribution in [0, 0.1) is 11.8 Å². The van der Waals surface area contributed by atoms with Crippen molar-refractivity contribution in [1.29, 1.82) is 0 Å². The molecule has 2 atom stereocenters. The van der Waals surface area contributed by atoms with E-state index < -0.39 is 11.9 Å². The Morgan fingerprint density at radius 3 is 2.13 bits per heavy atom. The Morgan fingerprint density at radius 1 is 1.27 bits per heavy atom. The molecule has 2 unspecified atom stereocenters. The smallest absolute Gasteiger partial charge is 0.240 e.